The van der Waals surface area contributed by atoms with Crippen LogP contribution in [0.15, 0.2) is 0 Å². The van der Waals surface area contributed by atoms with Crippen LogP contribution in [0.25, 0.3) is 0 Å². The standard InChI is InChI=1S/C4H11O6S3Si.Li/c1-11(5,6)14(4,12(2,7)8)13(3,9)10;/h4H2,1-3H3;. The van der Waals surface area contributed by atoms with Gasteiger partial charge in [-0.2, -0.15) is 0 Å². The fourth-order valence-corrected chi connectivity index (χ4v) is 29.4. The van der Waals surface area contributed by atoms with Crippen molar-refractivity contribution in [2.24, 2.45) is 0 Å². The van der Waals surface area contributed by atoms with Crippen molar-refractivity contribution in [3.05, 3.63) is 0 Å². The summed E-state index contributed by atoms with van der Waals surface area (Å²) in [5, 5.41) is 0. The van der Waals surface area contributed by atoms with E-state index in [1.165, 1.54) is 17.7 Å². The first kappa shape index (κ1) is 15.7. The maximum absolute atomic E-state index is 11.5. The summed E-state index contributed by atoms with van der Waals surface area (Å²) in [4.78, 5) is 0. The maximum atomic E-state index is 11.5. The van der Waals surface area contributed by atoms with Crippen LogP contribution >= 0.6 is 0 Å². The van der Waals surface area contributed by atoms with Crippen LogP contribution in [-0.4, -0.2) is 67.3 Å². The second-order valence-corrected chi connectivity index (χ2v) is 25.3. The molecule has 0 saturated heterocycles. The minimum absolute atomic E-state index is 0.385. The fraction of sp³-hybridized carbons (Fsp3) is 1.00. The molecule has 0 fully saturated rings. The van der Waals surface area contributed by atoms with E-state index in [-0.39, 0.29) is 4.72 Å². The van der Waals surface area contributed by atoms with Gasteiger partial charge in [0.2, 0.25) is 0 Å². The predicted molar refractivity (Wildman–Crippen MR) is 60.8 cm³/mol. The van der Waals surface area contributed by atoms with Crippen molar-refractivity contribution in [2.45, 2.75) is 4.72 Å². The van der Waals surface area contributed by atoms with E-state index in [0.717, 1.165) is 0 Å². The van der Waals surface area contributed by atoms with Crippen LogP contribution in [0, 0.1) is 0 Å². The van der Waals surface area contributed by atoms with E-state index >= 15 is 0 Å². The summed E-state index contributed by atoms with van der Waals surface area (Å²) in [6.45, 7) is 0. The predicted octanol–water partition coefficient (Wildman–Crippen LogP) is -1.81. The second-order valence-electron chi connectivity index (χ2n) is 3.35. The van der Waals surface area contributed by atoms with Gasteiger partial charge >= 0.3 is 99.8 Å². The molecule has 0 rings (SSSR count). The third-order valence-electron chi connectivity index (χ3n) is 2.13. The SMILES string of the molecule is [Li][CH2][Si](S(C)(=O)=O)(S(C)(=O)=O)S(C)(=O)=O. The van der Waals surface area contributed by atoms with Crippen LogP contribution in [0.1, 0.15) is 0 Å². The van der Waals surface area contributed by atoms with Crippen LogP contribution in [0.4, 0.5) is 0 Å². The molecule has 0 spiro atoms. The van der Waals surface area contributed by atoms with Gasteiger partial charge in [-0.25, -0.2) is 0 Å². The fourth-order valence-electron chi connectivity index (χ4n) is 1.61. The summed E-state index contributed by atoms with van der Waals surface area (Å²) in [5.74, 6) is 0. The molecule has 6 nitrogen and oxygen atoms in total. The molecule has 0 aliphatic rings. The van der Waals surface area contributed by atoms with Crippen molar-refractivity contribution < 1.29 is 25.3 Å². The first-order valence-electron chi connectivity index (χ1n) is 3.90. The normalized spacial score (nSPS) is 15.3. The Bertz CT molecular complexity index is 464. The van der Waals surface area contributed by atoms with Gasteiger partial charge in [0.1, 0.15) is 0 Å². The first-order chi connectivity index (χ1) is 6.31. The number of rotatable bonds is 4. The van der Waals surface area contributed by atoms with E-state index in [1.54, 1.807) is 0 Å². The molecule has 0 N–H and O–H groups in total. The monoisotopic (exact) mass is 286 g/mol. The average molecular weight is 286 g/mol. The Kier molecular flexibility index (Phi) is 4.34. The molecule has 0 atom stereocenters. The van der Waals surface area contributed by atoms with Gasteiger partial charge in [0, 0.05) is 0 Å². The zero-order chi connectivity index (χ0) is 12.7. The molecular weight excluding hydrogens is 275 g/mol. The van der Waals surface area contributed by atoms with Crippen LogP contribution in [-0.2, 0) is 27.9 Å². The molecular formula is C4H11LiO6S3Si. The molecule has 0 aromatic carbocycles. The van der Waals surface area contributed by atoms with Crippen LogP contribution in [0.5, 0.6) is 0 Å². The summed E-state index contributed by atoms with van der Waals surface area (Å²) in [6, 6.07) is 0. The molecule has 0 heterocycles. The molecule has 0 radical (unpaired) electrons. The van der Waals surface area contributed by atoms with Crippen molar-refractivity contribution in [3.8, 4) is 0 Å². The molecule has 0 saturated carbocycles. The van der Waals surface area contributed by atoms with Gasteiger partial charge in [-0.05, 0) is 0 Å². The van der Waals surface area contributed by atoms with Gasteiger partial charge in [-0.15, -0.1) is 0 Å². The Morgan fingerprint density at radius 3 is 1.00 bits per heavy atom. The summed E-state index contributed by atoms with van der Waals surface area (Å²) in [5.41, 5.74) is -4.46. The summed E-state index contributed by atoms with van der Waals surface area (Å²) in [6.07, 6.45) is 2.01. The van der Waals surface area contributed by atoms with E-state index in [4.69, 9.17) is 0 Å². The molecule has 0 amide bonds. The Hall–Kier alpha value is 0.664. The molecule has 11 heteroatoms. The molecule has 0 bridgehead atoms. The molecule has 0 aliphatic heterocycles. The van der Waals surface area contributed by atoms with Crippen molar-refractivity contribution in [1.82, 2.24) is 0 Å². The molecule has 0 unspecified atom stereocenters. The van der Waals surface area contributed by atoms with Crippen molar-refractivity contribution in [3.63, 3.8) is 0 Å². The third kappa shape index (κ3) is 2.50. The second kappa shape index (κ2) is 4.16. The van der Waals surface area contributed by atoms with Crippen molar-refractivity contribution in [1.29, 1.82) is 0 Å². The van der Waals surface area contributed by atoms with E-state index in [0.29, 0.717) is 18.8 Å². The Balaban J connectivity index is 6.58. The third-order valence-corrected chi connectivity index (χ3v) is 35.5. The molecule has 15 heavy (non-hydrogen) atoms. The first-order valence-corrected chi connectivity index (χ1v) is 14.0. The Morgan fingerprint density at radius 2 is 1.00 bits per heavy atom. The zero-order valence-electron chi connectivity index (χ0n) is 8.88. The van der Waals surface area contributed by atoms with E-state index in [9.17, 15) is 25.3 Å². The number of hydrogen-bond donors (Lipinski definition) is 0. The Morgan fingerprint density at radius 1 is 0.800 bits per heavy atom. The van der Waals surface area contributed by atoms with Crippen molar-refractivity contribution in [2.75, 3.05) is 18.8 Å². The van der Waals surface area contributed by atoms with Crippen LogP contribution in [0.3, 0.4) is 0 Å². The van der Waals surface area contributed by atoms with Crippen LogP contribution < -0.4 is 0 Å². The quantitative estimate of drug-likeness (QED) is 0.564. The van der Waals surface area contributed by atoms with E-state index in [1.807, 2.05) is 0 Å². The molecule has 0 aromatic heterocycles. The zero-order valence-corrected chi connectivity index (χ0v) is 12.3. The van der Waals surface area contributed by atoms with E-state index in [2.05, 4.69) is 0 Å². The van der Waals surface area contributed by atoms with Gasteiger partial charge in [-0.1, -0.05) is 0 Å². The average Bonchev–Trinajstić information content (AvgIpc) is 1.76. The van der Waals surface area contributed by atoms with Gasteiger partial charge in [-0.3, -0.25) is 0 Å². The summed E-state index contributed by atoms with van der Waals surface area (Å²) >= 11 is 1.27. The van der Waals surface area contributed by atoms with Gasteiger partial charge in [0.05, 0.1) is 0 Å². The van der Waals surface area contributed by atoms with Crippen LogP contribution in [0.2, 0.25) is 4.72 Å². The molecule has 86 valence electrons. The Labute approximate surface area is 99.3 Å². The number of hydrogen-bond acceptors (Lipinski definition) is 6. The van der Waals surface area contributed by atoms with Crippen molar-refractivity contribution >= 4 is 51.1 Å². The minimum atomic E-state index is -4.46. The summed E-state index contributed by atoms with van der Waals surface area (Å²) in [7, 11) is -12.4. The van der Waals surface area contributed by atoms with Gasteiger partial charge in [0.15, 0.2) is 0 Å². The van der Waals surface area contributed by atoms with Gasteiger partial charge < -0.3 is 0 Å². The molecule has 0 aliphatic carbocycles. The topological polar surface area (TPSA) is 102 Å². The van der Waals surface area contributed by atoms with Gasteiger partial charge in [0.25, 0.3) is 0 Å². The van der Waals surface area contributed by atoms with E-state index < -0.39 is 33.4 Å². The summed E-state index contributed by atoms with van der Waals surface area (Å²) < 4.78 is 68.5. The molecule has 0 aromatic rings.